The van der Waals surface area contributed by atoms with Crippen LogP contribution in [-0.4, -0.2) is 37.5 Å². The first kappa shape index (κ1) is 28.8. The van der Waals surface area contributed by atoms with Gasteiger partial charge in [-0.25, -0.2) is 4.79 Å². The van der Waals surface area contributed by atoms with Crippen molar-refractivity contribution in [2.45, 2.75) is 78.2 Å². The lowest BCUT2D eigenvalue weighted by molar-refractivity contribution is 0.0459. The molecular weight excluding hydrogens is 464 g/mol. The smallest absolute Gasteiger partial charge is 0.338 e. The highest BCUT2D eigenvalue weighted by Crippen LogP contribution is 2.50. The molecule has 0 heterocycles. The van der Waals surface area contributed by atoms with E-state index in [9.17, 15) is 9.90 Å². The van der Waals surface area contributed by atoms with Crippen molar-refractivity contribution in [3.8, 4) is 17.6 Å². The monoisotopic (exact) mass is 506 g/mol. The molecule has 5 nitrogen and oxygen atoms in total. The van der Waals surface area contributed by atoms with Crippen LogP contribution in [0.5, 0.6) is 5.75 Å². The fourth-order valence-electron chi connectivity index (χ4n) is 4.63. The van der Waals surface area contributed by atoms with E-state index in [0.717, 1.165) is 24.2 Å². The minimum atomic E-state index is -0.976. The number of aliphatic hydroxyl groups is 1. The van der Waals surface area contributed by atoms with Crippen LogP contribution < -0.4 is 4.74 Å². The Morgan fingerprint density at radius 2 is 1.70 bits per heavy atom. The Morgan fingerprint density at radius 3 is 2.35 bits per heavy atom. The summed E-state index contributed by atoms with van der Waals surface area (Å²) in [6.45, 7) is 17.0. The highest BCUT2D eigenvalue weighted by atomic mass is 16.5. The van der Waals surface area contributed by atoms with Crippen LogP contribution >= 0.6 is 0 Å². The van der Waals surface area contributed by atoms with Crippen LogP contribution in [-0.2, 0) is 20.3 Å². The highest BCUT2D eigenvalue weighted by molar-refractivity contribution is 5.89. The molecule has 1 aliphatic rings. The maximum absolute atomic E-state index is 12.2. The van der Waals surface area contributed by atoms with Gasteiger partial charge in [-0.2, -0.15) is 0 Å². The Labute approximate surface area is 222 Å². The Bertz CT molecular complexity index is 1130. The number of fused-ring (bicyclic) bond motifs is 1. The number of hydrogen-bond acceptors (Lipinski definition) is 5. The summed E-state index contributed by atoms with van der Waals surface area (Å²) < 4.78 is 17.0. The third-order valence-electron chi connectivity index (χ3n) is 6.93. The minimum absolute atomic E-state index is 0.0287. The second-order valence-electron chi connectivity index (χ2n) is 11.5. The maximum Gasteiger partial charge on any atom is 0.338 e. The second-order valence-corrected chi connectivity index (χ2v) is 11.5. The fourth-order valence-corrected chi connectivity index (χ4v) is 4.63. The molecule has 0 amide bonds. The Kier molecular flexibility index (Phi) is 9.45. The van der Waals surface area contributed by atoms with Crippen molar-refractivity contribution in [2.24, 2.45) is 5.92 Å². The summed E-state index contributed by atoms with van der Waals surface area (Å²) >= 11 is 0. The van der Waals surface area contributed by atoms with Crippen LogP contribution in [0, 0.1) is 17.8 Å². The van der Waals surface area contributed by atoms with Crippen LogP contribution in [0.2, 0.25) is 0 Å². The van der Waals surface area contributed by atoms with E-state index in [1.165, 1.54) is 11.1 Å². The van der Waals surface area contributed by atoms with Gasteiger partial charge in [-0.1, -0.05) is 59.4 Å². The van der Waals surface area contributed by atoms with E-state index in [1.807, 2.05) is 26.8 Å². The van der Waals surface area contributed by atoms with Gasteiger partial charge in [0.15, 0.2) is 0 Å². The molecule has 0 aliphatic heterocycles. The van der Waals surface area contributed by atoms with Crippen LogP contribution in [0.15, 0.2) is 36.4 Å². The van der Waals surface area contributed by atoms with E-state index in [4.69, 9.17) is 14.2 Å². The number of aliphatic hydroxyl groups excluding tert-OH is 1. The van der Waals surface area contributed by atoms with E-state index in [1.54, 1.807) is 24.3 Å². The summed E-state index contributed by atoms with van der Waals surface area (Å²) in [6, 6.07) is 11.0. The molecule has 37 heavy (non-hydrogen) atoms. The molecule has 1 unspecified atom stereocenters. The number of hydrogen-bond donors (Lipinski definition) is 1. The van der Waals surface area contributed by atoms with Gasteiger partial charge in [-0.05, 0) is 78.0 Å². The zero-order valence-electron chi connectivity index (χ0n) is 23.4. The predicted molar refractivity (Wildman–Crippen MR) is 147 cm³/mol. The molecule has 2 aromatic rings. The van der Waals surface area contributed by atoms with E-state index in [0.29, 0.717) is 37.6 Å². The largest absolute Gasteiger partial charge is 0.491 e. The molecule has 0 radical (unpaired) electrons. The van der Waals surface area contributed by atoms with Gasteiger partial charge in [0.25, 0.3) is 0 Å². The Morgan fingerprint density at radius 1 is 1.03 bits per heavy atom. The van der Waals surface area contributed by atoms with Gasteiger partial charge in [0.05, 0.1) is 18.8 Å². The number of rotatable bonds is 9. The average molecular weight is 507 g/mol. The zero-order valence-corrected chi connectivity index (χ0v) is 23.4. The molecule has 0 aromatic heterocycles. The molecule has 1 atom stereocenters. The molecule has 5 heteroatoms. The topological polar surface area (TPSA) is 65.0 Å². The quantitative estimate of drug-likeness (QED) is 0.244. The van der Waals surface area contributed by atoms with Gasteiger partial charge in [0.1, 0.15) is 18.5 Å². The molecule has 1 N–H and O–H groups in total. The van der Waals surface area contributed by atoms with Crippen molar-refractivity contribution < 1.29 is 24.1 Å². The van der Waals surface area contributed by atoms with E-state index >= 15 is 0 Å². The lowest BCUT2D eigenvalue weighted by Crippen LogP contribution is -2.34. The molecule has 1 aliphatic carbocycles. The summed E-state index contributed by atoms with van der Waals surface area (Å²) in [6.07, 6.45) is 1.15. The van der Waals surface area contributed by atoms with Crippen LogP contribution in [0.3, 0.4) is 0 Å². The number of carbonyl (C=O) groups is 1. The van der Waals surface area contributed by atoms with E-state index in [-0.39, 0.29) is 22.7 Å². The van der Waals surface area contributed by atoms with Gasteiger partial charge < -0.3 is 19.3 Å². The van der Waals surface area contributed by atoms with Gasteiger partial charge in [0.2, 0.25) is 0 Å². The zero-order chi connectivity index (χ0) is 27.2. The fraction of sp³-hybridized carbons (Fsp3) is 0.531. The summed E-state index contributed by atoms with van der Waals surface area (Å²) in [5.74, 6) is 6.76. The number of carbonyl (C=O) groups excluding carboxylic acids is 1. The standard InChI is InChI=1S/C32H42O5/c1-8-35-17-18-36-28-20-25(19-26-29(28)32(6,7)16-15-31(26,4)5)27(33)14-11-23-9-12-24(13-10-23)30(34)37-21-22(2)3/h9-10,12-13,19-20,22,27,33H,8,15-18,21H2,1-7H3. The molecule has 0 fully saturated rings. The normalized spacial score (nSPS) is 16.4. The van der Waals surface area contributed by atoms with Crippen molar-refractivity contribution in [1.82, 2.24) is 0 Å². The minimum Gasteiger partial charge on any atom is -0.491 e. The second kappa shape index (κ2) is 12.2. The third kappa shape index (κ3) is 7.37. The lowest BCUT2D eigenvalue weighted by atomic mass is 9.62. The molecular formula is C32H42O5. The summed E-state index contributed by atoms with van der Waals surface area (Å²) in [4.78, 5) is 12.2. The van der Waals surface area contributed by atoms with Gasteiger partial charge >= 0.3 is 5.97 Å². The summed E-state index contributed by atoms with van der Waals surface area (Å²) in [5, 5.41) is 11.1. The van der Waals surface area contributed by atoms with Crippen LogP contribution in [0.4, 0.5) is 0 Å². The number of benzene rings is 2. The molecule has 0 spiro atoms. The predicted octanol–water partition coefficient (Wildman–Crippen LogP) is 6.35. The first-order valence-electron chi connectivity index (χ1n) is 13.3. The molecule has 200 valence electrons. The number of ether oxygens (including phenoxy) is 3. The van der Waals surface area contributed by atoms with E-state index in [2.05, 4.69) is 45.6 Å². The lowest BCUT2D eigenvalue weighted by Gasteiger charge is -2.43. The first-order chi connectivity index (χ1) is 17.4. The molecule has 2 aromatic carbocycles. The van der Waals surface area contributed by atoms with Gasteiger partial charge in [0, 0.05) is 17.7 Å². The van der Waals surface area contributed by atoms with Crippen molar-refractivity contribution in [3.05, 3.63) is 64.2 Å². The number of esters is 1. The molecule has 0 bridgehead atoms. The van der Waals surface area contributed by atoms with Gasteiger partial charge in [-0.3, -0.25) is 0 Å². The molecule has 3 rings (SSSR count). The highest BCUT2D eigenvalue weighted by Gasteiger charge is 2.40. The van der Waals surface area contributed by atoms with Crippen molar-refractivity contribution >= 4 is 5.97 Å². The van der Waals surface area contributed by atoms with E-state index < -0.39 is 6.10 Å². The van der Waals surface area contributed by atoms with Crippen molar-refractivity contribution in [3.63, 3.8) is 0 Å². The molecule has 0 saturated heterocycles. The van der Waals surface area contributed by atoms with Crippen molar-refractivity contribution in [1.29, 1.82) is 0 Å². The first-order valence-corrected chi connectivity index (χ1v) is 13.3. The van der Waals surface area contributed by atoms with Crippen LogP contribution in [0.25, 0.3) is 0 Å². The molecule has 0 saturated carbocycles. The van der Waals surface area contributed by atoms with Gasteiger partial charge in [-0.15, -0.1) is 0 Å². The third-order valence-corrected chi connectivity index (χ3v) is 6.93. The maximum atomic E-state index is 12.2. The summed E-state index contributed by atoms with van der Waals surface area (Å²) in [5.41, 5.74) is 4.27. The SMILES string of the molecule is CCOCCOc1cc(C(O)C#Cc2ccc(C(=O)OCC(C)C)cc2)cc2c1C(C)(C)CCC2(C)C. The van der Waals surface area contributed by atoms with Crippen molar-refractivity contribution in [2.75, 3.05) is 26.4 Å². The Balaban J connectivity index is 1.87. The van der Waals surface area contributed by atoms with Crippen LogP contribution in [0.1, 0.15) is 100 Å². The average Bonchev–Trinajstić information content (AvgIpc) is 2.86. The Hall–Kier alpha value is -2.81. The summed E-state index contributed by atoms with van der Waals surface area (Å²) in [7, 11) is 0.